The highest BCUT2D eigenvalue weighted by atomic mass is 14.6. The van der Waals surface area contributed by atoms with E-state index in [0.717, 1.165) is 11.1 Å². The molecule has 0 fully saturated rings. The van der Waals surface area contributed by atoms with Gasteiger partial charge in [-0.3, -0.25) is 4.98 Å². The van der Waals surface area contributed by atoms with E-state index in [9.17, 15) is 0 Å². The highest BCUT2D eigenvalue weighted by Gasteiger charge is 2.00. The Bertz CT molecular complexity index is 683. The third-order valence-electron chi connectivity index (χ3n) is 2.85. The molecule has 0 unspecified atom stereocenters. The fraction of sp³-hybridized carbons (Fsp3) is 0. The van der Waals surface area contributed by atoms with Crippen molar-refractivity contribution in [1.29, 1.82) is 0 Å². The van der Waals surface area contributed by atoms with Gasteiger partial charge in [0, 0.05) is 17.0 Å². The first-order valence-corrected chi connectivity index (χ1v) is 5.28. The maximum absolute atomic E-state index is 4.47. The van der Waals surface area contributed by atoms with Gasteiger partial charge < -0.3 is 0 Å². The highest BCUT2D eigenvalue weighted by Crippen LogP contribution is 2.24. The smallest absolute Gasteiger partial charge is 0.0714 e. The van der Waals surface area contributed by atoms with Crippen molar-refractivity contribution in [2.45, 2.75) is 0 Å². The Labute approximate surface area is 94.1 Å². The number of hydrogen-bond donors (Lipinski definition) is 0. The molecule has 0 aliphatic heterocycles. The van der Waals surface area contributed by atoms with Gasteiger partial charge in [0.25, 0.3) is 0 Å². The second kappa shape index (κ2) is 3.46. The fourth-order valence-electron chi connectivity index (χ4n) is 2.00. The second-order valence-electron chi connectivity index (χ2n) is 3.83. The Balaban J connectivity index is 2.47. The zero-order valence-corrected chi connectivity index (χ0v) is 8.85. The van der Waals surface area contributed by atoms with Gasteiger partial charge in [-0.25, -0.2) is 0 Å². The molecule has 0 amide bonds. The van der Waals surface area contributed by atoms with E-state index in [2.05, 4.69) is 48.0 Å². The van der Waals surface area contributed by atoms with E-state index in [-0.39, 0.29) is 0 Å². The normalized spacial score (nSPS) is 10.8. The largest absolute Gasteiger partial charge is 0.256 e. The second-order valence-corrected chi connectivity index (χ2v) is 3.83. The SMILES string of the molecule is C=Cc1ccc2c(c1)ncc1ccccc12. The van der Waals surface area contributed by atoms with E-state index in [0.29, 0.717) is 0 Å². The molecule has 0 aliphatic carbocycles. The van der Waals surface area contributed by atoms with Crippen LogP contribution < -0.4 is 0 Å². The van der Waals surface area contributed by atoms with Crippen molar-refractivity contribution in [3.05, 3.63) is 60.8 Å². The summed E-state index contributed by atoms with van der Waals surface area (Å²) in [5.41, 5.74) is 2.13. The number of pyridine rings is 1. The van der Waals surface area contributed by atoms with Crippen LogP contribution in [0.5, 0.6) is 0 Å². The Morgan fingerprint density at radius 3 is 2.75 bits per heavy atom. The molecular weight excluding hydrogens is 194 g/mol. The summed E-state index contributed by atoms with van der Waals surface area (Å²) in [5.74, 6) is 0. The van der Waals surface area contributed by atoms with Crippen molar-refractivity contribution in [2.75, 3.05) is 0 Å². The van der Waals surface area contributed by atoms with Crippen LogP contribution in [0.3, 0.4) is 0 Å². The summed E-state index contributed by atoms with van der Waals surface area (Å²) >= 11 is 0. The molecular formula is C15H11N. The number of fused-ring (bicyclic) bond motifs is 3. The van der Waals surface area contributed by atoms with E-state index in [1.54, 1.807) is 0 Å². The van der Waals surface area contributed by atoms with Crippen LogP contribution in [0.15, 0.2) is 55.2 Å². The van der Waals surface area contributed by atoms with Crippen molar-refractivity contribution >= 4 is 27.8 Å². The molecule has 0 spiro atoms. The molecule has 3 aromatic rings. The monoisotopic (exact) mass is 205 g/mol. The van der Waals surface area contributed by atoms with E-state index in [4.69, 9.17) is 0 Å². The van der Waals surface area contributed by atoms with E-state index >= 15 is 0 Å². The summed E-state index contributed by atoms with van der Waals surface area (Å²) in [5, 5.41) is 3.63. The maximum atomic E-state index is 4.47. The average molecular weight is 205 g/mol. The predicted molar refractivity (Wildman–Crippen MR) is 69.3 cm³/mol. The quantitative estimate of drug-likeness (QED) is 0.546. The van der Waals surface area contributed by atoms with Gasteiger partial charge in [-0.1, -0.05) is 49.1 Å². The van der Waals surface area contributed by atoms with E-state index in [1.165, 1.54) is 16.2 Å². The summed E-state index contributed by atoms with van der Waals surface area (Å²) in [6.45, 7) is 3.77. The Kier molecular flexibility index (Phi) is 1.97. The first-order chi connectivity index (χ1) is 7.88. The Morgan fingerprint density at radius 2 is 1.88 bits per heavy atom. The standard InChI is InChI=1S/C15H11N/c1-2-11-7-8-14-13-6-4-3-5-12(13)10-16-15(14)9-11/h2-10H,1H2. The Morgan fingerprint density at radius 1 is 1.00 bits per heavy atom. The molecule has 1 nitrogen and oxygen atoms in total. The summed E-state index contributed by atoms with van der Waals surface area (Å²) < 4.78 is 0. The van der Waals surface area contributed by atoms with Gasteiger partial charge in [-0.2, -0.15) is 0 Å². The molecule has 0 radical (unpaired) electrons. The predicted octanol–water partition coefficient (Wildman–Crippen LogP) is 4.03. The molecule has 3 rings (SSSR count). The number of aromatic nitrogens is 1. The van der Waals surface area contributed by atoms with Crippen molar-refractivity contribution in [3.63, 3.8) is 0 Å². The van der Waals surface area contributed by atoms with Gasteiger partial charge in [0.2, 0.25) is 0 Å². The van der Waals surface area contributed by atoms with Crippen molar-refractivity contribution in [3.8, 4) is 0 Å². The number of rotatable bonds is 1. The van der Waals surface area contributed by atoms with Gasteiger partial charge in [0.15, 0.2) is 0 Å². The van der Waals surface area contributed by atoms with Crippen LogP contribution >= 0.6 is 0 Å². The van der Waals surface area contributed by atoms with Gasteiger partial charge in [-0.15, -0.1) is 0 Å². The van der Waals surface area contributed by atoms with Gasteiger partial charge in [-0.05, 0) is 17.0 Å². The first-order valence-electron chi connectivity index (χ1n) is 5.28. The molecule has 0 saturated carbocycles. The zero-order chi connectivity index (χ0) is 11.0. The molecule has 0 aliphatic rings. The molecule has 0 atom stereocenters. The third-order valence-corrected chi connectivity index (χ3v) is 2.85. The first kappa shape index (κ1) is 9.10. The topological polar surface area (TPSA) is 12.9 Å². The van der Waals surface area contributed by atoms with Crippen LogP contribution in [0.4, 0.5) is 0 Å². The molecule has 1 heteroatoms. The lowest BCUT2D eigenvalue weighted by Gasteiger charge is -2.03. The van der Waals surface area contributed by atoms with Crippen LogP contribution in [0, 0.1) is 0 Å². The van der Waals surface area contributed by atoms with Crippen LogP contribution in [0.1, 0.15) is 5.56 Å². The van der Waals surface area contributed by atoms with Gasteiger partial charge in [0.1, 0.15) is 0 Å². The lowest BCUT2D eigenvalue weighted by Crippen LogP contribution is -1.82. The molecule has 0 N–H and O–H groups in total. The molecule has 1 aromatic heterocycles. The van der Waals surface area contributed by atoms with Crippen LogP contribution in [-0.2, 0) is 0 Å². The van der Waals surface area contributed by atoms with Crippen LogP contribution in [0.2, 0.25) is 0 Å². The number of nitrogens with zero attached hydrogens (tertiary/aromatic N) is 1. The maximum Gasteiger partial charge on any atom is 0.0714 e. The minimum Gasteiger partial charge on any atom is -0.256 e. The lowest BCUT2D eigenvalue weighted by molar-refractivity contribution is 1.44. The summed E-state index contributed by atoms with van der Waals surface area (Å²) in [4.78, 5) is 4.47. The molecule has 16 heavy (non-hydrogen) atoms. The third kappa shape index (κ3) is 1.29. The Hall–Kier alpha value is -2.15. The molecule has 0 saturated heterocycles. The highest BCUT2D eigenvalue weighted by molar-refractivity contribution is 6.05. The van der Waals surface area contributed by atoms with Crippen molar-refractivity contribution in [1.82, 2.24) is 4.98 Å². The average Bonchev–Trinajstić information content (AvgIpc) is 2.38. The minimum atomic E-state index is 1.02. The van der Waals surface area contributed by atoms with Crippen molar-refractivity contribution < 1.29 is 0 Å². The summed E-state index contributed by atoms with van der Waals surface area (Å²) in [7, 11) is 0. The molecule has 76 valence electrons. The zero-order valence-electron chi connectivity index (χ0n) is 8.85. The van der Waals surface area contributed by atoms with Crippen LogP contribution in [0.25, 0.3) is 27.8 Å². The van der Waals surface area contributed by atoms with E-state index in [1.807, 2.05) is 18.3 Å². The van der Waals surface area contributed by atoms with Crippen LogP contribution in [-0.4, -0.2) is 4.98 Å². The number of hydrogen-bond acceptors (Lipinski definition) is 1. The van der Waals surface area contributed by atoms with Crippen molar-refractivity contribution in [2.24, 2.45) is 0 Å². The molecule has 0 bridgehead atoms. The van der Waals surface area contributed by atoms with Gasteiger partial charge in [0.05, 0.1) is 5.52 Å². The molecule has 2 aromatic carbocycles. The summed E-state index contributed by atoms with van der Waals surface area (Å²) in [6, 6.07) is 14.6. The fourth-order valence-corrected chi connectivity index (χ4v) is 2.00. The van der Waals surface area contributed by atoms with Gasteiger partial charge >= 0.3 is 0 Å². The molecule has 1 heterocycles. The minimum absolute atomic E-state index is 1.02. The number of benzene rings is 2. The van der Waals surface area contributed by atoms with E-state index < -0.39 is 0 Å². The summed E-state index contributed by atoms with van der Waals surface area (Å²) in [6.07, 6.45) is 3.76. The lowest BCUT2D eigenvalue weighted by atomic mass is 10.1.